The van der Waals surface area contributed by atoms with Crippen molar-refractivity contribution >= 4 is 28.6 Å². The van der Waals surface area contributed by atoms with Gasteiger partial charge in [-0.2, -0.15) is 5.10 Å². The van der Waals surface area contributed by atoms with Crippen LogP contribution in [0, 0.1) is 0 Å². The van der Waals surface area contributed by atoms with Gasteiger partial charge in [-0.25, -0.2) is 27.1 Å². The van der Waals surface area contributed by atoms with Crippen molar-refractivity contribution in [1.82, 2.24) is 24.3 Å². The van der Waals surface area contributed by atoms with Crippen LogP contribution in [0.5, 0.6) is 0 Å². The fraction of sp³-hybridized carbons (Fsp3) is 0.375. The van der Waals surface area contributed by atoms with Gasteiger partial charge in [0.1, 0.15) is 17.2 Å². The molecule has 0 radical (unpaired) electrons. The summed E-state index contributed by atoms with van der Waals surface area (Å²) in [4.78, 5) is 17.0. The highest BCUT2D eigenvalue weighted by Gasteiger charge is 2.26. The molecule has 190 valence electrons. The Bertz CT molecular complexity index is 1360. The summed E-state index contributed by atoms with van der Waals surface area (Å²) < 4.78 is 54.8. The molecule has 12 heteroatoms. The van der Waals surface area contributed by atoms with Crippen LogP contribution >= 0.6 is 0 Å². The van der Waals surface area contributed by atoms with Crippen molar-refractivity contribution in [2.45, 2.75) is 50.6 Å². The van der Waals surface area contributed by atoms with Crippen LogP contribution in [-0.2, 0) is 0 Å². The fourth-order valence-electron chi connectivity index (χ4n) is 4.61. The SMILES string of the molecule is O=C(NC1CCC(Nc2cccc3nc(C(F)F)cn23)CC1)c1nn2ccccc2c1NCC(F)F. The summed E-state index contributed by atoms with van der Waals surface area (Å²) >= 11 is 0. The predicted octanol–water partition coefficient (Wildman–Crippen LogP) is 4.75. The summed E-state index contributed by atoms with van der Waals surface area (Å²) in [5, 5.41) is 13.3. The number of pyridine rings is 2. The number of anilines is 2. The first-order valence-electron chi connectivity index (χ1n) is 11.7. The number of hydrogen-bond acceptors (Lipinski definition) is 5. The van der Waals surface area contributed by atoms with Gasteiger partial charge in [0.25, 0.3) is 18.8 Å². The van der Waals surface area contributed by atoms with Gasteiger partial charge < -0.3 is 16.0 Å². The molecule has 0 aliphatic heterocycles. The number of halogens is 4. The quantitative estimate of drug-likeness (QED) is 0.302. The highest BCUT2D eigenvalue weighted by Crippen LogP contribution is 2.27. The van der Waals surface area contributed by atoms with Gasteiger partial charge in [-0.3, -0.25) is 9.20 Å². The van der Waals surface area contributed by atoms with Gasteiger partial charge in [-0.05, 0) is 49.9 Å². The van der Waals surface area contributed by atoms with Gasteiger partial charge in [0, 0.05) is 24.5 Å². The number of aromatic nitrogens is 4. The average molecular weight is 504 g/mol. The number of nitrogens with zero attached hydrogens (tertiary/aromatic N) is 4. The molecule has 3 N–H and O–H groups in total. The molecule has 4 aromatic heterocycles. The van der Waals surface area contributed by atoms with E-state index in [-0.39, 0.29) is 29.2 Å². The third-order valence-corrected chi connectivity index (χ3v) is 6.34. The minimum atomic E-state index is -2.64. The lowest BCUT2D eigenvalue weighted by atomic mass is 9.91. The van der Waals surface area contributed by atoms with Crippen molar-refractivity contribution in [3.8, 4) is 0 Å². The van der Waals surface area contributed by atoms with Crippen molar-refractivity contribution in [1.29, 1.82) is 0 Å². The first-order valence-corrected chi connectivity index (χ1v) is 11.7. The Morgan fingerprint density at radius 1 is 1.03 bits per heavy atom. The van der Waals surface area contributed by atoms with Crippen LogP contribution in [0.25, 0.3) is 11.2 Å². The minimum Gasteiger partial charge on any atom is -0.376 e. The predicted molar refractivity (Wildman–Crippen MR) is 127 cm³/mol. The van der Waals surface area contributed by atoms with Crippen LogP contribution in [-0.4, -0.2) is 50.0 Å². The van der Waals surface area contributed by atoms with Crippen LogP contribution in [0.3, 0.4) is 0 Å². The van der Waals surface area contributed by atoms with E-state index in [0.29, 0.717) is 29.8 Å². The zero-order chi connectivity index (χ0) is 25.2. The Labute approximate surface area is 203 Å². The minimum absolute atomic E-state index is 0.0729. The van der Waals surface area contributed by atoms with E-state index in [2.05, 4.69) is 26.0 Å². The lowest BCUT2D eigenvalue weighted by Gasteiger charge is -2.30. The molecule has 1 fully saturated rings. The van der Waals surface area contributed by atoms with E-state index >= 15 is 0 Å². The van der Waals surface area contributed by atoms with Gasteiger partial charge in [0.05, 0.1) is 17.7 Å². The summed E-state index contributed by atoms with van der Waals surface area (Å²) in [7, 11) is 0. The molecule has 1 amide bonds. The molecule has 4 aromatic rings. The molecule has 0 saturated heterocycles. The Morgan fingerprint density at radius 3 is 2.56 bits per heavy atom. The Kier molecular flexibility index (Phi) is 6.66. The van der Waals surface area contributed by atoms with Crippen LogP contribution in [0.4, 0.5) is 29.1 Å². The molecular formula is C24H25F4N7O. The maximum Gasteiger partial charge on any atom is 0.281 e. The normalized spacial score (nSPS) is 18.3. The molecular weight excluding hydrogens is 478 g/mol. The van der Waals surface area contributed by atoms with Crippen LogP contribution < -0.4 is 16.0 Å². The first kappa shape index (κ1) is 23.9. The largest absolute Gasteiger partial charge is 0.376 e. The second kappa shape index (κ2) is 10.0. The lowest BCUT2D eigenvalue weighted by molar-refractivity contribution is 0.0921. The third-order valence-electron chi connectivity index (χ3n) is 6.34. The van der Waals surface area contributed by atoms with Gasteiger partial charge in [0.2, 0.25) is 0 Å². The maximum atomic E-state index is 13.1. The molecule has 0 spiro atoms. The van der Waals surface area contributed by atoms with E-state index in [4.69, 9.17) is 0 Å². The zero-order valence-corrected chi connectivity index (χ0v) is 19.2. The van der Waals surface area contributed by atoms with Gasteiger partial charge >= 0.3 is 0 Å². The zero-order valence-electron chi connectivity index (χ0n) is 19.2. The molecule has 1 aliphatic carbocycles. The molecule has 1 saturated carbocycles. The third kappa shape index (κ3) is 4.93. The molecule has 4 heterocycles. The Morgan fingerprint density at radius 2 is 1.81 bits per heavy atom. The van der Waals surface area contributed by atoms with Gasteiger partial charge in [0.15, 0.2) is 5.69 Å². The first-order chi connectivity index (χ1) is 17.4. The molecule has 0 aromatic carbocycles. The molecule has 8 nitrogen and oxygen atoms in total. The number of imidazole rings is 1. The van der Waals surface area contributed by atoms with E-state index in [1.165, 1.54) is 10.7 Å². The number of fused-ring (bicyclic) bond motifs is 2. The topological polar surface area (TPSA) is 87.8 Å². The molecule has 36 heavy (non-hydrogen) atoms. The lowest BCUT2D eigenvalue weighted by Crippen LogP contribution is -2.40. The van der Waals surface area contributed by atoms with E-state index in [1.54, 1.807) is 40.9 Å². The highest BCUT2D eigenvalue weighted by molar-refractivity contribution is 6.01. The smallest absolute Gasteiger partial charge is 0.281 e. The molecule has 5 rings (SSSR count). The van der Waals surface area contributed by atoms with Crippen molar-refractivity contribution in [2.75, 3.05) is 17.2 Å². The molecule has 0 unspecified atom stereocenters. The Balaban J connectivity index is 1.23. The van der Waals surface area contributed by atoms with Crippen LogP contribution in [0.1, 0.15) is 48.3 Å². The van der Waals surface area contributed by atoms with E-state index < -0.39 is 25.3 Å². The number of amides is 1. The highest BCUT2D eigenvalue weighted by atomic mass is 19.3. The van der Waals surface area contributed by atoms with Crippen molar-refractivity contribution in [3.63, 3.8) is 0 Å². The van der Waals surface area contributed by atoms with Crippen LogP contribution in [0.15, 0.2) is 48.8 Å². The molecule has 1 aliphatic rings. The van der Waals surface area contributed by atoms with E-state index in [9.17, 15) is 22.4 Å². The maximum absolute atomic E-state index is 13.1. The fourth-order valence-corrected chi connectivity index (χ4v) is 4.61. The van der Waals surface area contributed by atoms with Crippen molar-refractivity contribution in [2.24, 2.45) is 0 Å². The molecule has 0 atom stereocenters. The van der Waals surface area contributed by atoms with Crippen molar-refractivity contribution in [3.05, 3.63) is 60.2 Å². The van der Waals surface area contributed by atoms with Crippen molar-refractivity contribution < 1.29 is 22.4 Å². The Hall–Kier alpha value is -3.83. The number of rotatable bonds is 8. The van der Waals surface area contributed by atoms with Crippen LogP contribution in [0.2, 0.25) is 0 Å². The number of carbonyl (C=O) groups is 1. The summed E-state index contributed by atoms with van der Waals surface area (Å²) in [5.74, 6) is 0.258. The van der Waals surface area contributed by atoms with Gasteiger partial charge in [-0.15, -0.1) is 0 Å². The second-order valence-electron chi connectivity index (χ2n) is 8.80. The summed E-state index contributed by atoms with van der Waals surface area (Å²) in [6, 6.07) is 10.4. The van der Waals surface area contributed by atoms with Gasteiger partial charge in [-0.1, -0.05) is 12.1 Å². The van der Waals surface area contributed by atoms with E-state index in [1.807, 2.05) is 6.07 Å². The monoisotopic (exact) mass is 503 g/mol. The second-order valence-corrected chi connectivity index (χ2v) is 8.80. The number of nitrogens with one attached hydrogen (secondary N) is 3. The molecule has 0 bridgehead atoms. The van der Waals surface area contributed by atoms with E-state index in [0.717, 1.165) is 12.8 Å². The number of alkyl halides is 4. The standard InChI is InChI=1S/C24H25F4N7O/c25-18(26)12-29-21-17-4-1-2-11-35(17)33-22(21)24(36)31-15-9-7-14(8-10-15)30-19-5-3-6-20-32-16(23(27)28)13-34(19)20/h1-6,11,13-15,18,23,29-30H,7-10,12H2,(H,31,36). The summed E-state index contributed by atoms with van der Waals surface area (Å²) in [5.41, 5.74) is 1.06. The summed E-state index contributed by atoms with van der Waals surface area (Å²) in [6.07, 6.45) is 0.661. The summed E-state index contributed by atoms with van der Waals surface area (Å²) in [6.45, 7) is -0.588. The average Bonchev–Trinajstić information content (AvgIpc) is 3.47. The number of hydrogen-bond donors (Lipinski definition) is 3. The number of carbonyl (C=O) groups excluding carboxylic acids is 1.